The molecule has 31 heavy (non-hydrogen) atoms. The average Bonchev–Trinajstić information content (AvgIpc) is 3.21. The molecule has 0 saturated heterocycles. The largest absolute Gasteiger partial charge is 0.497 e. The van der Waals surface area contributed by atoms with Crippen LogP contribution in [-0.2, 0) is 17.9 Å². The number of benzene rings is 2. The zero-order valence-corrected chi connectivity index (χ0v) is 19.1. The smallest absolute Gasteiger partial charge is 0.230 e. The summed E-state index contributed by atoms with van der Waals surface area (Å²) in [5.41, 5.74) is 2.28. The zero-order chi connectivity index (χ0) is 22.2. The first kappa shape index (κ1) is 22.7. The van der Waals surface area contributed by atoms with Gasteiger partial charge in [0.05, 0.1) is 12.9 Å². The lowest BCUT2D eigenvalue weighted by atomic mass is 10.1. The van der Waals surface area contributed by atoms with Gasteiger partial charge in [-0.3, -0.25) is 4.79 Å². The number of nitrogens with zero attached hydrogens (tertiary/aromatic N) is 3. The maximum atomic E-state index is 12.3. The van der Waals surface area contributed by atoms with Crippen molar-refractivity contribution >= 4 is 17.7 Å². The van der Waals surface area contributed by atoms with E-state index >= 15 is 0 Å². The predicted octanol–water partition coefficient (Wildman–Crippen LogP) is 4.16. The molecule has 0 saturated carbocycles. The highest BCUT2D eigenvalue weighted by atomic mass is 32.2. The van der Waals surface area contributed by atoms with Crippen LogP contribution in [0.4, 0.5) is 0 Å². The first-order valence-corrected chi connectivity index (χ1v) is 11.2. The lowest BCUT2D eigenvalue weighted by molar-refractivity contribution is -0.118. The highest BCUT2D eigenvalue weighted by Gasteiger charge is 2.19. The van der Waals surface area contributed by atoms with Crippen LogP contribution in [0.3, 0.4) is 0 Å². The minimum absolute atomic E-state index is 0.0414. The lowest BCUT2D eigenvalue weighted by Gasteiger charge is -2.15. The van der Waals surface area contributed by atoms with E-state index in [-0.39, 0.29) is 17.8 Å². The molecular formula is C23H28N4O3S. The van der Waals surface area contributed by atoms with E-state index in [9.17, 15) is 4.79 Å². The molecule has 1 atom stereocenters. The van der Waals surface area contributed by atoms with Crippen molar-refractivity contribution < 1.29 is 14.3 Å². The first-order valence-electron chi connectivity index (χ1n) is 10.2. The van der Waals surface area contributed by atoms with E-state index in [0.717, 1.165) is 22.9 Å². The summed E-state index contributed by atoms with van der Waals surface area (Å²) in [5, 5.41) is 12.2. The molecule has 1 N–H and O–H groups in total. The molecule has 0 fully saturated rings. The molecule has 0 aliphatic carbocycles. The van der Waals surface area contributed by atoms with Crippen molar-refractivity contribution in [2.45, 2.75) is 45.1 Å². The molecule has 2 aromatic carbocycles. The van der Waals surface area contributed by atoms with Crippen LogP contribution in [0.1, 0.15) is 36.9 Å². The van der Waals surface area contributed by atoms with Gasteiger partial charge in [0, 0.05) is 13.1 Å². The molecule has 1 unspecified atom stereocenters. The Morgan fingerprint density at radius 3 is 2.42 bits per heavy atom. The molecule has 1 aromatic heterocycles. The van der Waals surface area contributed by atoms with Crippen LogP contribution in [-0.4, -0.2) is 33.5 Å². The number of thioether (sulfide) groups is 1. The third-order valence-corrected chi connectivity index (χ3v) is 5.71. The van der Waals surface area contributed by atoms with Crippen molar-refractivity contribution in [3.05, 3.63) is 65.5 Å². The monoisotopic (exact) mass is 440 g/mol. The number of ether oxygens (including phenoxy) is 2. The third kappa shape index (κ3) is 6.24. The number of hydrogen-bond donors (Lipinski definition) is 1. The molecule has 0 aliphatic heterocycles. The minimum atomic E-state index is -0.287. The summed E-state index contributed by atoms with van der Waals surface area (Å²) in [7, 11) is 1.63. The first-order chi connectivity index (χ1) is 15.0. The zero-order valence-electron chi connectivity index (χ0n) is 18.3. The minimum Gasteiger partial charge on any atom is -0.497 e. The van der Waals surface area contributed by atoms with Crippen molar-refractivity contribution in [2.75, 3.05) is 12.9 Å². The quantitative estimate of drug-likeness (QED) is 0.477. The fraction of sp³-hybridized carbons (Fsp3) is 0.348. The van der Waals surface area contributed by atoms with Crippen molar-refractivity contribution in [1.29, 1.82) is 0 Å². The number of carbonyl (C=O) groups excluding carboxylic acids is 1. The van der Waals surface area contributed by atoms with Crippen LogP contribution in [0.15, 0.2) is 53.7 Å². The van der Waals surface area contributed by atoms with Crippen LogP contribution >= 0.6 is 11.8 Å². The number of amides is 1. The molecule has 3 aromatic rings. The second-order valence-corrected chi connectivity index (χ2v) is 8.01. The summed E-state index contributed by atoms with van der Waals surface area (Å²) in [5.74, 6) is 2.46. The number of hydrogen-bond acceptors (Lipinski definition) is 6. The van der Waals surface area contributed by atoms with Crippen LogP contribution in [0.2, 0.25) is 0 Å². The van der Waals surface area contributed by atoms with Crippen molar-refractivity contribution in [2.24, 2.45) is 0 Å². The Bertz CT molecular complexity index is 987. The maximum Gasteiger partial charge on any atom is 0.230 e. The topological polar surface area (TPSA) is 78.3 Å². The van der Waals surface area contributed by atoms with Gasteiger partial charge in [0.1, 0.15) is 11.5 Å². The highest BCUT2D eigenvalue weighted by molar-refractivity contribution is 7.99. The maximum absolute atomic E-state index is 12.3. The third-order valence-electron chi connectivity index (χ3n) is 4.74. The SMILES string of the molecule is CCn1c(SCC(=O)NCc2ccc(C)cc2)nnc1C(C)Oc1ccc(OC)cc1. The van der Waals surface area contributed by atoms with E-state index in [0.29, 0.717) is 18.2 Å². The summed E-state index contributed by atoms with van der Waals surface area (Å²) >= 11 is 1.37. The number of nitrogens with one attached hydrogen (secondary N) is 1. The summed E-state index contributed by atoms with van der Waals surface area (Å²) in [6.45, 7) is 7.20. The van der Waals surface area contributed by atoms with Gasteiger partial charge in [-0.1, -0.05) is 41.6 Å². The van der Waals surface area contributed by atoms with Crippen molar-refractivity contribution in [3.8, 4) is 11.5 Å². The molecule has 164 valence electrons. The molecule has 0 radical (unpaired) electrons. The Morgan fingerprint density at radius 1 is 1.10 bits per heavy atom. The fourth-order valence-electron chi connectivity index (χ4n) is 3.00. The summed E-state index contributed by atoms with van der Waals surface area (Å²) < 4.78 is 13.2. The van der Waals surface area contributed by atoms with E-state index < -0.39 is 0 Å². The number of aryl methyl sites for hydroxylation is 1. The molecule has 3 rings (SSSR count). The number of rotatable bonds is 10. The Morgan fingerprint density at radius 2 is 1.77 bits per heavy atom. The van der Waals surface area contributed by atoms with Gasteiger partial charge in [0.2, 0.25) is 5.91 Å². The number of aromatic nitrogens is 3. The van der Waals surface area contributed by atoms with E-state index in [1.807, 2.05) is 73.9 Å². The Kier molecular flexibility index (Phi) is 7.94. The van der Waals surface area contributed by atoms with Crippen LogP contribution < -0.4 is 14.8 Å². The van der Waals surface area contributed by atoms with Crippen molar-refractivity contribution in [3.63, 3.8) is 0 Å². The second-order valence-electron chi connectivity index (χ2n) is 7.07. The summed E-state index contributed by atoms with van der Waals surface area (Å²) in [6.07, 6.45) is -0.287. The lowest BCUT2D eigenvalue weighted by Crippen LogP contribution is -2.24. The average molecular weight is 441 g/mol. The van der Waals surface area contributed by atoms with E-state index in [1.54, 1.807) is 7.11 Å². The second kappa shape index (κ2) is 10.9. The van der Waals surface area contributed by atoms with Gasteiger partial charge in [0.25, 0.3) is 0 Å². The summed E-state index contributed by atoms with van der Waals surface area (Å²) in [6, 6.07) is 15.5. The van der Waals surface area contributed by atoms with Crippen LogP contribution in [0, 0.1) is 6.92 Å². The van der Waals surface area contributed by atoms with Gasteiger partial charge in [-0.2, -0.15) is 0 Å². The van der Waals surface area contributed by atoms with Crippen LogP contribution in [0.25, 0.3) is 0 Å². The molecule has 1 heterocycles. The number of methoxy groups -OCH3 is 1. The number of carbonyl (C=O) groups is 1. The van der Waals surface area contributed by atoms with E-state index in [4.69, 9.17) is 9.47 Å². The van der Waals surface area contributed by atoms with E-state index in [1.165, 1.54) is 17.3 Å². The van der Waals surface area contributed by atoms with Gasteiger partial charge in [-0.05, 0) is 50.6 Å². The van der Waals surface area contributed by atoms with Crippen LogP contribution in [0.5, 0.6) is 11.5 Å². The molecule has 0 bridgehead atoms. The normalized spacial score (nSPS) is 11.7. The molecular weight excluding hydrogens is 412 g/mol. The fourth-order valence-corrected chi connectivity index (χ4v) is 3.84. The molecule has 0 aliphatic rings. The van der Waals surface area contributed by atoms with Gasteiger partial charge >= 0.3 is 0 Å². The highest BCUT2D eigenvalue weighted by Crippen LogP contribution is 2.25. The van der Waals surface area contributed by atoms with E-state index in [2.05, 4.69) is 15.5 Å². The standard InChI is InChI=1S/C23H28N4O3S/c1-5-27-22(17(3)30-20-12-10-19(29-4)11-13-20)25-26-23(27)31-15-21(28)24-14-18-8-6-16(2)7-9-18/h6-13,17H,5,14-15H2,1-4H3,(H,24,28). The predicted molar refractivity (Wildman–Crippen MR) is 121 cm³/mol. The van der Waals surface area contributed by atoms with Crippen molar-refractivity contribution in [1.82, 2.24) is 20.1 Å². The molecule has 8 heteroatoms. The Balaban J connectivity index is 1.55. The Hall–Kier alpha value is -3.00. The molecule has 7 nitrogen and oxygen atoms in total. The molecule has 1 amide bonds. The summed E-state index contributed by atoms with van der Waals surface area (Å²) in [4.78, 5) is 12.3. The van der Waals surface area contributed by atoms with Gasteiger partial charge < -0.3 is 19.4 Å². The van der Waals surface area contributed by atoms with Gasteiger partial charge in [-0.15, -0.1) is 10.2 Å². The van der Waals surface area contributed by atoms with Gasteiger partial charge in [-0.25, -0.2) is 0 Å². The molecule has 0 spiro atoms. The Labute approximate surface area is 187 Å². The van der Waals surface area contributed by atoms with Gasteiger partial charge in [0.15, 0.2) is 17.1 Å².